The largest absolute Gasteiger partial charge is 0.490 e. The van der Waals surface area contributed by atoms with Crippen molar-refractivity contribution in [3.05, 3.63) is 29.8 Å². The van der Waals surface area contributed by atoms with Gasteiger partial charge < -0.3 is 14.7 Å². The van der Waals surface area contributed by atoms with Crippen LogP contribution >= 0.6 is 0 Å². The maximum atomic E-state index is 12.1. The second-order valence-corrected chi connectivity index (χ2v) is 5.13. The van der Waals surface area contributed by atoms with E-state index in [9.17, 15) is 9.59 Å². The molecule has 0 bridgehead atoms. The van der Waals surface area contributed by atoms with Gasteiger partial charge in [-0.25, -0.2) is 4.79 Å². The summed E-state index contributed by atoms with van der Waals surface area (Å²) in [7, 11) is 1.49. The number of amides is 1. The van der Waals surface area contributed by atoms with Gasteiger partial charge in [-0.1, -0.05) is 0 Å². The third kappa shape index (κ3) is 3.10. The predicted octanol–water partition coefficient (Wildman–Crippen LogP) is 2.16. The first kappa shape index (κ1) is 14.4. The number of carbonyl (C=O) groups excluding carboxylic acids is 1. The average Bonchev–Trinajstić information content (AvgIpc) is 2.41. The highest BCUT2D eigenvalue weighted by Crippen LogP contribution is 2.25. The van der Waals surface area contributed by atoms with Crippen LogP contribution in [0.1, 0.15) is 36.5 Å². The molecule has 0 heterocycles. The number of hydrogen-bond acceptors (Lipinski definition) is 3. The zero-order valence-electron chi connectivity index (χ0n) is 11.7. The molecule has 1 N–H and O–H groups in total. The van der Waals surface area contributed by atoms with E-state index < -0.39 is 12.0 Å². The molecule has 1 aromatic rings. The van der Waals surface area contributed by atoms with Crippen molar-refractivity contribution >= 4 is 11.9 Å². The van der Waals surface area contributed by atoms with Crippen LogP contribution in [-0.2, 0) is 4.79 Å². The Morgan fingerprint density at radius 3 is 2.35 bits per heavy atom. The minimum absolute atomic E-state index is 0.297. The molecular weight excluding hydrogens is 258 g/mol. The van der Waals surface area contributed by atoms with Crippen LogP contribution in [0.15, 0.2) is 24.3 Å². The summed E-state index contributed by atoms with van der Waals surface area (Å²) in [5.41, 5.74) is 0.460. The highest BCUT2D eigenvalue weighted by Gasteiger charge is 2.23. The summed E-state index contributed by atoms with van der Waals surface area (Å²) in [5.74, 6) is -0.582. The standard InChI is InChI=1S/C15H19NO4/c1-10(15(18)19)16(2)14(17)11-6-8-13(9-7-11)20-12-4-3-5-12/h6-10,12H,3-5H2,1-2H3,(H,18,19). The summed E-state index contributed by atoms with van der Waals surface area (Å²) >= 11 is 0. The average molecular weight is 277 g/mol. The maximum absolute atomic E-state index is 12.1. The number of carboxylic acid groups (broad SMARTS) is 1. The number of ether oxygens (including phenoxy) is 1. The van der Waals surface area contributed by atoms with Crippen LogP contribution < -0.4 is 4.74 Å². The molecule has 1 unspecified atom stereocenters. The number of carboxylic acids is 1. The highest BCUT2D eigenvalue weighted by atomic mass is 16.5. The lowest BCUT2D eigenvalue weighted by Crippen LogP contribution is -2.40. The first-order valence-electron chi connectivity index (χ1n) is 6.75. The van der Waals surface area contributed by atoms with Crippen LogP contribution in [0.25, 0.3) is 0 Å². The lowest BCUT2D eigenvalue weighted by Gasteiger charge is -2.26. The molecule has 0 aromatic heterocycles. The fourth-order valence-electron chi connectivity index (χ4n) is 1.90. The Hall–Kier alpha value is -2.04. The summed E-state index contributed by atoms with van der Waals surface area (Å²) < 4.78 is 5.71. The number of rotatable bonds is 5. The first-order valence-corrected chi connectivity index (χ1v) is 6.75. The number of carbonyl (C=O) groups is 2. The molecule has 0 saturated heterocycles. The normalized spacial score (nSPS) is 16.1. The molecule has 1 amide bonds. The van der Waals surface area contributed by atoms with Gasteiger partial charge in [0.25, 0.3) is 5.91 Å². The summed E-state index contributed by atoms with van der Waals surface area (Å²) in [4.78, 5) is 24.2. The molecule has 0 radical (unpaired) electrons. The Labute approximate surface area is 118 Å². The Balaban J connectivity index is 2.01. The van der Waals surface area contributed by atoms with Crippen molar-refractivity contribution in [3.63, 3.8) is 0 Å². The predicted molar refractivity (Wildman–Crippen MR) is 73.9 cm³/mol. The number of benzene rings is 1. The molecule has 108 valence electrons. The summed E-state index contributed by atoms with van der Waals surface area (Å²) in [6.45, 7) is 1.48. The number of likely N-dealkylation sites (N-methyl/N-ethyl adjacent to an activating group) is 1. The smallest absolute Gasteiger partial charge is 0.326 e. The van der Waals surface area contributed by atoms with Gasteiger partial charge in [-0.15, -0.1) is 0 Å². The zero-order chi connectivity index (χ0) is 14.7. The molecule has 1 aliphatic rings. The topological polar surface area (TPSA) is 66.8 Å². The Morgan fingerprint density at radius 2 is 1.90 bits per heavy atom. The molecule has 20 heavy (non-hydrogen) atoms. The van der Waals surface area contributed by atoms with Crippen LogP contribution in [0.3, 0.4) is 0 Å². The van der Waals surface area contributed by atoms with E-state index in [2.05, 4.69) is 0 Å². The molecule has 1 aromatic carbocycles. The molecule has 2 rings (SSSR count). The van der Waals surface area contributed by atoms with E-state index in [-0.39, 0.29) is 5.91 Å². The van der Waals surface area contributed by atoms with Gasteiger partial charge in [0.05, 0.1) is 6.10 Å². The molecule has 1 fully saturated rings. The van der Waals surface area contributed by atoms with Gasteiger partial charge in [0.1, 0.15) is 11.8 Å². The lowest BCUT2D eigenvalue weighted by molar-refractivity contribution is -0.141. The first-order chi connectivity index (χ1) is 9.49. The minimum Gasteiger partial charge on any atom is -0.490 e. The van der Waals surface area contributed by atoms with Crippen LogP contribution in [0.2, 0.25) is 0 Å². The Kier molecular flexibility index (Phi) is 4.27. The fraction of sp³-hybridized carbons (Fsp3) is 0.467. The maximum Gasteiger partial charge on any atom is 0.326 e. The van der Waals surface area contributed by atoms with Gasteiger partial charge in [-0.2, -0.15) is 0 Å². The molecule has 5 heteroatoms. The summed E-state index contributed by atoms with van der Waals surface area (Å²) in [6, 6.07) is 5.99. The van der Waals surface area contributed by atoms with Gasteiger partial charge in [0, 0.05) is 12.6 Å². The van der Waals surface area contributed by atoms with Gasteiger partial charge in [0.2, 0.25) is 0 Å². The van der Waals surface area contributed by atoms with Crippen molar-refractivity contribution in [1.82, 2.24) is 4.90 Å². The third-order valence-electron chi connectivity index (χ3n) is 3.71. The van der Waals surface area contributed by atoms with E-state index in [0.717, 1.165) is 18.6 Å². The zero-order valence-corrected chi connectivity index (χ0v) is 11.7. The third-order valence-corrected chi connectivity index (χ3v) is 3.71. The summed E-state index contributed by atoms with van der Waals surface area (Å²) in [5, 5.41) is 8.91. The van der Waals surface area contributed by atoms with E-state index in [0.29, 0.717) is 11.7 Å². The highest BCUT2D eigenvalue weighted by molar-refractivity contribution is 5.96. The van der Waals surface area contributed by atoms with E-state index >= 15 is 0 Å². The van der Waals surface area contributed by atoms with Crippen molar-refractivity contribution in [2.75, 3.05) is 7.05 Å². The molecule has 1 aliphatic carbocycles. The Morgan fingerprint density at radius 1 is 1.30 bits per heavy atom. The SMILES string of the molecule is CC(C(=O)O)N(C)C(=O)c1ccc(OC2CCC2)cc1. The quantitative estimate of drug-likeness (QED) is 0.895. The van der Waals surface area contributed by atoms with Crippen LogP contribution in [-0.4, -0.2) is 41.1 Å². The number of aliphatic carboxylic acids is 1. The fourth-order valence-corrected chi connectivity index (χ4v) is 1.90. The lowest BCUT2D eigenvalue weighted by atomic mass is 9.96. The van der Waals surface area contributed by atoms with Crippen molar-refractivity contribution < 1.29 is 19.4 Å². The molecule has 5 nitrogen and oxygen atoms in total. The molecular formula is C15H19NO4. The second-order valence-electron chi connectivity index (χ2n) is 5.13. The molecule has 1 saturated carbocycles. The van der Waals surface area contributed by atoms with Gasteiger partial charge >= 0.3 is 5.97 Å². The van der Waals surface area contributed by atoms with Crippen LogP contribution in [0.4, 0.5) is 0 Å². The summed E-state index contributed by atoms with van der Waals surface area (Å²) in [6.07, 6.45) is 3.67. The van der Waals surface area contributed by atoms with Crippen molar-refractivity contribution in [1.29, 1.82) is 0 Å². The molecule has 0 aliphatic heterocycles. The second kappa shape index (κ2) is 5.94. The number of nitrogens with zero attached hydrogens (tertiary/aromatic N) is 1. The van der Waals surface area contributed by atoms with Gasteiger partial charge in [-0.05, 0) is 50.5 Å². The van der Waals surface area contributed by atoms with E-state index in [1.54, 1.807) is 24.3 Å². The van der Waals surface area contributed by atoms with Crippen molar-refractivity contribution in [2.45, 2.75) is 38.3 Å². The van der Waals surface area contributed by atoms with Crippen molar-refractivity contribution in [3.8, 4) is 5.75 Å². The molecule has 1 atom stereocenters. The van der Waals surface area contributed by atoms with Gasteiger partial charge in [-0.3, -0.25) is 4.79 Å². The van der Waals surface area contributed by atoms with Gasteiger partial charge in [0.15, 0.2) is 0 Å². The van der Waals surface area contributed by atoms with E-state index in [1.807, 2.05) is 0 Å². The van der Waals surface area contributed by atoms with Crippen LogP contribution in [0.5, 0.6) is 5.75 Å². The number of hydrogen-bond donors (Lipinski definition) is 1. The van der Waals surface area contributed by atoms with Crippen molar-refractivity contribution in [2.24, 2.45) is 0 Å². The minimum atomic E-state index is -1.02. The van der Waals surface area contributed by atoms with E-state index in [4.69, 9.17) is 9.84 Å². The monoisotopic (exact) mass is 277 g/mol. The van der Waals surface area contributed by atoms with Crippen LogP contribution in [0, 0.1) is 0 Å². The molecule has 0 spiro atoms. The Bertz CT molecular complexity index is 493. The van der Waals surface area contributed by atoms with E-state index in [1.165, 1.54) is 25.3 Å².